The van der Waals surface area contributed by atoms with E-state index in [9.17, 15) is 9.59 Å². The maximum absolute atomic E-state index is 12.3. The van der Waals surface area contributed by atoms with Crippen LogP contribution in [0.15, 0.2) is 30.3 Å². The van der Waals surface area contributed by atoms with E-state index in [1.54, 1.807) is 6.92 Å². The molecule has 6 heteroatoms. The number of ether oxygens (including phenoxy) is 1. The average Bonchev–Trinajstić information content (AvgIpc) is 2.55. The minimum absolute atomic E-state index is 0.0452. The average molecular weight is 407 g/mol. The summed E-state index contributed by atoms with van der Waals surface area (Å²) < 4.78 is 5.37. The zero-order valence-corrected chi connectivity index (χ0v) is 19.6. The summed E-state index contributed by atoms with van der Waals surface area (Å²) in [4.78, 5) is 24.3. The van der Waals surface area contributed by atoms with E-state index in [1.165, 1.54) is 0 Å². The maximum atomic E-state index is 12.3. The van der Waals surface area contributed by atoms with Gasteiger partial charge in [0.2, 0.25) is 0 Å². The van der Waals surface area contributed by atoms with Crippen LogP contribution in [-0.4, -0.2) is 38.6 Å². The summed E-state index contributed by atoms with van der Waals surface area (Å²) in [6.45, 7) is 15.6. The molecule has 0 fully saturated rings. The molecule has 1 aromatic rings. The Hall–Kier alpha value is -1.66. The highest BCUT2D eigenvalue weighted by Gasteiger charge is 2.26. The zero-order valence-electron chi connectivity index (χ0n) is 18.6. The van der Waals surface area contributed by atoms with E-state index in [2.05, 4.69) is 51.0 Å². The highest BCUT2D eigenvalue weighted by molar-refractivity contribution is 6.76. The highest BCUT2D eigenvalue weighted by atomic mass is 28.3. The number of benzene rings is 1. The van der Waals surface area contributed by atoms with E-state index in [0.29, 0.717) is 6.54 Å². The molecule has 0 saturated heterocycles. The van der Waals surface area contributed by atoms with Crippen molar-refractivity contribution >= 4 is 20.0 Å². The normalized spacial score (nSPS) is 14.2. The van der Waals surface area contributed by atoms with Crippen LogP contribution >= 0.6 is 0 Å². The monoisotopic (exact) mass is 406 g/mol. The van der Waals surface area contributed by atoms with Gasteiger partial charge in [0, 0.05) is 20.7 Å². The Kier molecular flexibility index (Phi) is 9.37. The molecule has 0 radical (unpaired) electrons. The van der Waals surface area contributed by atoms with Gasteiger partial charge >= 0.3 is 6.09 Å². The first kappa shape index (κ1) is 24.4. The molecule has 0 aliphatic carbocycles. The third kappa shape index (κ3) is 11.2. The van der Waals surface area contributed by atoms with Crippen molar-refractivity contribution < 1.29 is 14.3 Å². The second-order valence-electron chi connectivity index (χ2n) is 10.0. The lowest BCUT2D eigenvalue weighted by atomic mass is 9.88. The summed E-state index contributed by atoms with van der Waals surface area (Å²) in [6.07, 6.45) is 0.363. The van der Waals surface area contributed by atoms with Crippen molar-refractivity contribution in [1.82, 2.24) is 10.6 Å². The van der Waals surface area contributed by atoms with Gasteiger partial charge in [-0.2, -0.15) is 0 Å². The number of hydrogen-bond donors (Lipinski definition) is 2. The van der Waals surface area contributed by atoms with E-state index >= 15 is 0 Å². The van der Waals surface area contributed by atoms with Crippen molar-refractivity contribution in [3.63, 3.8) is 0 Å². The standard InChI is InChI=1S/C22H38N2O3Si/c1-17(25)20(16-28(5,6)7)23-14-19(13-22(2,3)4)24-21(26)27-15-18-11-9-8-10-12-18/h8-12,19-20,23H,13-16H2,1-7H3,(H,24,26)/t19-,20-/m0/s1. The van der Waals surface area contributed by atoms with E-state index in [4.69, 9.17) is 4.74 Å². The molecule has 2 N–H and O–H groups in total. The van der Waals surface area contributed by atoms with Crippen molar-refractivity contribution in [2.24, 2.45) is 5.41 Å². The van der Waals surface area contributed by atoms with Crippen LogP contribution in [0.4, 0.5) is 4.79 Å². The second-order valence-corrected chi connectivity index (χ2v) is 15.5. The topological polar surface area (TPSA) is 67.4 Å². The van der Waals surface area contributed by atoms with Gasteiger partial charge in [-0.05, 0) is 30.4 Å². The Morgan fingerprint density at radius 1 is 1.11 bits per heavy atom. The lowest BCUT2D eigenvalue weighted by molar-refractivity contribution is -0.118. The first-order valence-corrected chi connectivity index (χ1v) is 13.8. The largest absolute Gasteiger partial charge is 0.445 e. The van der Waals surface area contributed by atoms with Gasteiger partial charge in [-0.15, -0.1) is 0 Å². The van der Waals surface area contributed by atoms with Gasteiger partial charge in [0.25, 0.3) is 0 Å². The van der Waals surface area contributed by atoms with Gasteiger partial charge in [-0.1, -0.05) is 70.7 Å². The van der Waals surface area contributed by atoms with Crippen molar-refractivity contribution in [2.45, 2.75) is 78.5 Å². The van der Waals surface area contributed by atoms with Crippen molar-refractivity contribution in [3.05, 3.63) is 35.9 Å². The number of Topliss-reactive ketones (excluding diaryl/α,β-unsaturated/α-hetero) is 1. The summed E-state index contributed by atoms with van der Waals surface area (Å²) in [5.74, 6) is 0.156. The molecule has 2 atom stereocenters. The number of hydrogen-bond acceptors (Lipinski definition) is 4. The number of ketones is 1. The summed E-state index contributed by atoms with van der Waals surface area (Å²) in [5, 5.41) is 6.37. The quantitative estimate of drug-likeness (QED) is 0.557. The van der Waals surface area contributed by atoms with Gasteiger partial charge < -0.3 is 15.4 Å². The number of rotatable bonds is 10. The van der Waals surface area contributed by atoms with Gasteiger partial charge in [0.05, 0.1) is 6.04 Å². The molecule has 0 aromatic heterocycles. The molecule has 1 amide bonds. The summed E-state index contributed by atoms with van der Waals surface area (Å²) in [5.41, 5.74) is 0.999. The fourth-order valence-electron chi connectivity index (χ4n) is 3.10. The first-order valence-electron chi connectivity index (χ1n) is 10.1. The molecule has 0 unspecified atom stereocenters. The highest BCUT2D eigenvalue weighted by Crippen LogP contribution is 2.21. The smallest absolute Gasteiger partial charge is 0.407 e. The number of carbonyl (C=O) groups is 2. The predicted octanol–water partition coefficient (Wildman–Crippen LogP) is 4.60. The van der Waals surface area contributed by atoms with Crippen LogP contribution in [0.25, 0.3) is 0 Å². The van der Waals surface area contributed by atoms with Gasteiger partial charge in [-0.25, -0.2) is 4.79 Å². The second kappa shape index (κ2) is 10.8. The molecule has 0 heterocycles. The Balaban J connectivity index is 2.66. The Morgan fingerprint density at radius 3 is 2.21 bits per heavy atom. The van der Waals surface area contributed by atoms with Crippen LogP contribution in [-0.2, 0) is 16.1 Å². The molecule has 158 valence electrons. The molecule has 28 heavy (non-hydrogen) atoms. The minimum Gasteiger partial charge on any atom is -0.445 e. The number of nitrogens with one attached hydrogen (secondary N) is 2. The summed E-state index contributed by atoms with van der Waals surface area (Å²) >= 11 is 0. The Bertz CT molecular complexity index is 621. The molecule has 1 rings (SSSR count). The Morgan fingerprint density at radius 2 is 1.71 bits per heavy atom. The number of amides is 1. The molecule has 0 aliphatic rings. The molecular formula is C22H38N2O3Si. The van der Waals surface area contributed by atoms with E-state index in [1.807, 2.05) is 30.3 Å². The third-order valence-corrected chi connectivity index (χ3v) is 5.94. The molecule has 0 aliphatic heterocycles. The van der Waals surface area contributed by atoms with Crippen LogP contribution < -0.4 is 10.6 Å². The van der Waals surface area contributed by atoms with Crippen molar-refractivity contribution in [1.29, 1.82) is 0 Å². The molecule has 0 spiro atoms. The molecule has 5 nitrogen and oxygen atoms in total. The molecular weight excluding hydrogens is 368 g/mol. The van der Waals surface area contributed by atoms with Gasteiger partial charge in [0.15, 0.2) is 0 Å². The van der Waals surface area contributed by atoms with E-state index in [-0.39, 0.29) is 29.9 Å². The lowest BCUT2D eigenvalue weighted by Crippen LogP contribution is -2.49. The third-order valence-electron chi connectivity index (χ3n) is 4.31. The van der Waals surface area contributed by atoms with Crippen LogP contribution in [0.3, 0.4) is 0 Å². The predicted molar refractivity (Wildman–Crippen MR) is 118 cm³/mol. The number of alkyl carbamates (subject to hydrolysis) is 1. The molecule has 0 bridgehead atoms. The van der Waals surface area contributed by atoms with Crippen LogP contribution in [0.5, 0.6) is 0 Å². The zero-order chi connectivity index (χ0) is 21.4. The van der Waals surface area contributed by atoms with E-state index < -0.39 is 14.2 Å². The minimum atomic E-state index is -1.38. The van der Waals surface area contributed by atoms with Gasteiger partial charge in [-0.3, -0.25) is 4.79 Å². The fraction of sp³-hybridized carbons (Fsp3) is 0.636. The van der Waals surface area contributed by atoms with Crippen molar-refractivity contribution in [3.8, 4) is 0 Å². The fourth-order valence-corrected chi connectivity index (χ4v) is 4.76. The SMILES string of the molecule is CC(=O)[C@H](C[Si](C)(C)C)NC[C@H](CC(C)(C)C)NC(=O)OCc1ccccc1. The first-order chi connectivity index (χ1) is 12.9. The van der Waals surface area contributed by atoms with Crippen LogP contribution in [0, 0.1) is 5.41 Å². The maximum Gasteiger partial charge on any atom is 0.407 e. The summed E-state index contributed by atoms with van der Waals surface area (Å²) in [6, 6.07) is 10.3. The van der Waals surface area contributed by atoms with Crippen molar-refractivity contribution in [2.75, 3.05) is 6.54 Å². The molecule has 1 aromatic carbocycles. The number of carbonyl (C=O) groups excluding carboxylic acids is 2. The van der Waals surface area contributed by atoms with Crippen LogP contribution in [0.2, 0.25) is 25.7 Å². The molecule has 0 saturated carbocycles. The van der Waals surface area contributed by atoms with E-state index in [0.717, 1.165) is 18.0 Å². The Labute approximate surface area is 171 Å². The van der Waals surface area contributed by atoms with Crippen LogP contribution in [0.1, 0.15) is 39.7 Å². The lowest BCUT2D eigenvalue weighted by Gasteiger charge is -2.29. The summed E-state index contributed by atoms with van der Waals surface area (Å²) in [7, 11) is -1.38. The van der Waals surface area contributed by atoms with Gasteiger partial charge in [0.1, 0.15) is 12.4 Å².